The number of thiophene rings is 1. The summed E-state index contributed by atoms with van der Waals surface area (Å²) in [5.41, 5.74) is 1.94. The summed E-state index contributed by atoms with van der Waals surface area (Å²) in [6.45, 7) is -0.110. The Hall–Kier alpha value is -5.28. The van der Waals surface area contributed by atoms with Crippen molar-refractivity contribution in [2.45, 2.75) is 24.2 Å². The first-order valence-corrected chi connectivity index (χ1v) is 15.7. The molecule has 0 saturated carbocycles. The van der Waals surface area contributed by atoms with Gasteiger partial charge in [0.25, 0.3) is 17.5 Å². The Labute approximate surface area is 268 Å². The second kappa shape index (κ2) is 13.4. The lowest BCUT2D eigenvalue weighted by atomic mass is 10.0. The monoisotopic (exact) mass is 659 g/mol. The van der Waals surface area contributed by atoms with Crippen molar-refractivity contribution in [1.82, 2.24) is 25.1 Å². The molecule has 15 heteroatoms. The molecule has 1 aliphatic rings. The van der Waals surface area contributed by atoms with Gasteiger partial charge in [-0.05, 0) is 59.5 Å². The number of hydrogen-bond donors (Lipinski definition) is 1. The highest BCUT2D eigenvalue weighted by molar-refractivity contribution is 7.99. The average Bonchev–Trinajstić information content (AvgIpc) is 3.83. The van der Waals surface area contributed by atoms with E-state index in [4.69, 9.17) is 0 Å². The first kappa shape index (κ1) is 30.7. The smallest absolute Gasteiger partial charge is 0.269 e. The number of halogens is 2. The summed E-state index contributed by atoms with van der Waals surface area (Å²) in [4.78, 5) is 38.0. The minimum absolute atomic E-state index is 0.0975. The van der Waals surface area contributed by atoms with Gasteiger partial charge in [0.1, 0.15) is 11.6 Å². The van der Waals surface area contributed by atoms with E-state index >= 15 is 0 Å². The Balaban J connectivity index is 1.25. The van der Waals surface area contributed by atoms with Crippen molar-refractivity contribution >= 4 is 46.3 Å². The lowest BCUT2D eigenvalue weighted by Crippen LogP contribution is -2.28. The zero-order valence-electron chi connectivity index (χ0n) is 23.7. The standard InChI is InChI=1S/C31H23F2N7O4S2/c32-21-8-6-19(7-9-21)26-16-25(27-5-2-14-45-27)37-39(26)29(41)18-46-31-36-35-28(17-34-30(42)20-3-1-4-22(33)15-20)38(31)23-10-12-24(13-11-23)40(43)44/h1-15,26H,16-18H2,(H,34,42)/t26-/m1/s1. The molecule has 0 aliphatic carbocycles. The summed E-state index contributed by atoms with van der Waals surface area (Å²) in [7, 11) is 0. The van der Waals surface area contributed by atoms with Gasteiger partial charge in [-0.3, -0.25) is 24.3 Å². The van der Waals surface area contributed by atoms with Gasteiger partial charge in [-0.2, -0.15) is 5.10 Å². The highest BCUT2D eigenvalue weighted by Crippen LogP contribution is 2.35. The lowest BCUT2D eigenvalue weighted by molar-refractivity contribution is -0.384. The fourth-order valence-corrected chi connectivity index (χ4v) is 6.40. The molecule has 2 aromatic heterocycles. The molecule has 0 unspecified atom stereocenters. The van der Waals surface area contributed by atoms with Crippen LogP contribution in [-0.4, -0.2) is 48.0 Å². The van der Waals surface area contributed by atoms with Crippen molar-refractivity contribution in [3.63, 3.8) is 0 Å². The SMILES string of the molecule is O=C(NCc1nnc(SCC(=O)N2N=C(c3cccs3)C[C@@H]2c2ccc(F)cc2)n1-c1ccc([N+](=O)[O-])cc1)c1cccc(F)c1. The van der Waals surface area contributed by atoms with E-state index in [2.05, 4.69) is 20.6 Å². The normalized spacial score (nSPS) is 14.3. The van der Waals surface area contributed by atoms with Crippen LogP contribution in [0, 0.1) is 21.7 Å². The topological polar surface area (TPSA) is 136 Å². The molecule has 1 atom stereocenters. The maximum atomic E-state index is 13.7. The van der Waals surface area contributed by atoms with Gasteiger partial charge in [0.2, 0.25) is 0 Å². The third-order valence-electron chi connectivity index (χ3n) is 7.06. The quantitative estimate of drug-likeness (QED) is 0.112. The van der Waals surface area contributed by atoms with Crippen LogP contribution in [0.5, 0.6) is 0 Å². The molecule has 232 valence electrons. The molecule has 0 spiro atoms. The van der Waals surface area contributed by atoms with Crippen LogP contribution in [0.15, 0.2) is 101 Å². The Morgan fingerprint density at radius 3 is 2.48 bits per heavy atom. The maximum absolute atomic E-state index is 13.7. The zero-order chi connectivity index (χ0) is 32.2. The van der Waals surface area contributed by atoms with Gasteiger partial charge in [0, 0.05) is 29.8 Å². The second-order valence-electron chi connectivity index (χ2n) is 10.0. The van der Waals surface area contributed by atoms with Crippen LogP contribution < -0.4 is 5.32 Å². The van der Waals surface area contributed by atoms with Gasteiger partial charge in [-0.25, -0.2) is 13.8 Å². The van der Waals surface area contributed by atoms with E-state index in [1.54, 1.807) is 16.7 Å². The van der Waals surface area contributed by atoms with Crippen molar-refractivity contribution in [2.75, 3.05) is 5.75 Å². The first-order valence-electron chi connectivity index (χ1n) is 13.8. The van der Waals surface area contributed by atoms with E-state index in [0.29, 0.717) is 12.1 Å². The molecule has 1 N–H and O–H groups in total. The van der Waals surface area contributed by atoms with E-state index < -0.39 is 22.7 Å². The molecule has 6 rings (SSSR count). The van der Waals surface area contributed by atoms with Crippen molar-refractivity contribution in [2.24, 2.45) is 5.10 Å². The first-order chi connectivity index (χ1) is 22.3. The predicted octanol–water partition coefficient (Wildman–Crippen LogP) is 5.92. The van der Waals surface area contributed by atoms with Crippen molar-refractivity contribution in [3.8, 4) is 5.69 Å². The van der Waals surface area contributed by atoms with E-state index in [1.807, 2.05) is 17.5 Å². The molecular formula is C31H23F2N7O4S2. The number of nitro groups is 1. The number of benzene rings is 3. The number of thioether (sulfide) groups is 1. The number of nitrogens with zero attached hydrogens (tertiary/aromatic N) is 6. The molecule has 11 nitrogen and oxygen atoms in total. The molecular weight excluding hydrogens is 637 g/mol. The number of non-ortho nitro benzene ring substituents is 1. The Kier molecular flexibility index (Phi) is 8.94. The molecule has 0 radical (unpaired) electrons. The molecule has 0 saturated heterocycles. The summed E-state index contributed by atoms with van der Waals surface area (Å²) >= 11 is 2.58. The Morgan fingerprint density at radius 1 is 1.00 bits per heavy atom. The lowest BCUT2D eigenvalue weighted by Gasteiger charge is -2.22. The third kappa shape index (κ3) is 6.69. The second-order valence-corrected chi connectivity index (χ2v) is 11.9. The highest BCUT2D eigenvalue weighted by Gasteiger charge is 2.34. The van der Waals surface area contributed by atoms with E-state index in [9.17, 15) is 28.5 Å². The van der Waals surface area contributed by atoms with Crippen molar-refractivity contribution in [3.05, 3.63) is 134 Å². The summed E-state index contributed by atoms with van der Waals surface area (Å²) in [6.07, 6.45) is 0.455. The van der Waals surface area contributed by atoms with E-state index in [-0.39, 0.29) is 46.3 Å². The number of hydrazone groups is 1. The van der Waals surface area contributed by atoms with E-state index in [1.165, 1.54) is 70.9 Å². The largest absolute Gasteiger partial charge is 0.345 e. The minimum atomic E-state index is -0.559. The van der Waals surface area contributed by atoms with E-state index in [0.717, 1.165) is 34.0 Å². The van der Waals surface area contributed by atoms with Gasteiger partial charge >= 0.3 is 0 Å². The molecule has 2 amide bonds. The van der Waals surface area contributed by atoms with Crippen LogP contribution >= 0.6 is 23.1 Å². The molecule has 5 aromatic rings. The number of aromatic nitrogens is 3. The number of rotatable bonds is 10. The maximum Gasteiger partial charge on any atom is 0.269 e. The van der Waals surface area contributed by atoms with Gasteiger partial charge in [0.15, 0.2) is 11.0 Å². The van der Waals surface area contributed by atoms with Crippen LogP contribution in [0.4, 0.5) is 14.5 Å². The minimum Gasteiger partial charge on any atom is -0.345 e. The summed E-state index contributed by atoms with van der Waals surface area (Å²) < 4.78 is 28.9. The summed E-state index contributed by atoms with van der Waals surface area (Å²) in [5.74, 6) is -1.64. The van der Waals surface area contributed by atoms with Crippen LogP contribution in [0.25, 0.3) is 5.69 Å². The van der Waals surface area contributed by atoms with Crippen LogP contribution in [0.1, 0.15) is 39.1 Å². The fourth-order valence-electron chi connectivity index (χ4n) is 4.85. The average molecular weight is 660 g/mol. The van der Waals surface area contributed by atoms with Crippen LogP contribution in [0.3, 0.4) is 0 Å². The molecule has 3 heterocycles. The molecule has 0 fully saturated rings. The van der Waals surface area contributed by atoms with Crippen molar-refractivity contribution in [1.29, 1.82) is 0 Å². The van der Waals surface area contributed by atoms with Gasteiger partial charge in [0.05, 0.1) is 33.9 Å². The molecule has 0 bridgehead atoms. The molecule has 1 aliphatic heterocycles. The number of amides is 2. The number of carbonyl (C=O) groups excluding carboxylic acids is 2. The van der Waals surface area contributed by atoms with Gasteiger partial charge in [-0.1, -0.05) is 36.0 Å². The van der Waals surface area contributed by atoms with Crippen LogP contribution in [-0.2, 0) is 11.3 Å². The fraction of sp³-hybridized carbons (Fsp3) is 0.129. The molecule has 46 heavy (non-hydrogen) atoms. The third-order valence-corrected chi connectivity index (χ3v) is 8.90. The summed E-state index contributed by atoms with van der Waals surface area (Å²) in [5, 5.41) is 30.6. The molecule has 3 aromatic carbocycles. The van der Waals surface area contributed by atoms with Gasteiger partial charge in [-0.15, -0.1) is 21.5 Å². The predicted molar refractivity (Wildman–Crippen MR) is 168 cm³/mol. The van der Waals surface area contributed by atoms with Crippen LogP contribution in [0.2, 0.25) is 0 Å². The zero-order valence-corrected chi connectivity index (χ0v) is 25.4. The number of nitrogens with one attached hydrogen (secondary N) is 1. The Bertz CT molecular complexity index is 1930. The summed E-state index contributed by atoms with van der Waals surface area (Å²) in [6, 6.07) is 20.2. The number of nitro benzene ring substituents is 1. The highest BCUT2D eigenvalue weighted by atomic mass is 32.2. The Morgan fingerprint density at radius 2 is 1.78 bits per heavy atom. The van der Waals surface area contributed by atoms with Crippen molar-refractivity contribution < 1.29 is 23.3 Å². The number of hydrogen-bond acceptors (Lipinski definition) is 9. The van der Waals surface area contributed by atoms with Gasteiger partial charge < -0.3 is 5.32 Å². The number of carbonyl (C=O) groups is 2.